The van der Waals surface area contributed by atoms with Crippen LogP contribution in [0.1, 0.15) is 19.8 Å². The molecule has 0 bridgehead atoms. The number of hydrogen-bond donors (Lipinski definition) is 2. The molecule has 0 spiro atoms. The fourth-order valence-corrected chi connectivity index (χ4v) is 2.85. The number of unbranched alkanes of at least 4 members (excludes halogenated alkanes) is 1. The van der Waals surface area contributed by atoms with E-state index in [1.165, 1.54) is 12.8 Å². The number of guanidine groups is 1. The molecule has 0 amide bonds. The quantitative estimate of drug-likeness (QED) is 0.903. The Bertz CT molecular complexity index is 646. The molecule has 1 aromatic carbocycles. The summed E-state index contributed by atoms with van der Waals surface area (Å²) in [5.74, 6) is 0.829. The minimum absolute atomic E-state index is 0.827. The first kappa shape index (κ1) is 13.4. The van der Waals surface area contributed by atoms with Crippen LogP contribution < -0.4 is 10.6 Å². The molecule has 3 rings (SSSR count). The molecule has 6 heteroatoms. The number of rotatable bonds is 4. The maximum atomic E-state index is 4.52. The van der Waals surface area contributed by atoms with E-state index in [9.17, 15) is 0 Å². The minimum atomic E-state index is 0.827. The molecule has 0 aliphatic carbocycles. The van der Waals surface area contributed by atoms with Crippen LogP contribution in [0.2, 0.25) is 0 Å². The van der Waals surface area contributed by atoms with Gasteiger partial charge in [0.2, 0.25) is 0 Å². The highest BCUT2D eigenvalue weighted by atomic mass is 79.9. The van der Waals surface area contributed by atoms with Crippen LogP contribution in [0.5, 0.6) is 0 Å². The molecule has 0 atom stereocenters. The Morgan fingerprint density at radius 2 is 2.35 bits per heavy atom. The van der Waals surface area contributed by atoms with Crippen molar-refractivity contribution in [1.29, 1.82) is 0 Å². The fraction of sp³-hybridized carbons (Fsp3) is 0.429. The first-order valence-electron chi connectivity index (χ1n) is 6.98. The number of aromatic nitrogens is 2. The first-order valence-corrected chi connectivity index (χ1v) is 7.77. The number of benzene rings is 1. The predicted octanol–water partition coefficient (Wildman–Crippen LogP) is 2.97. The van der Waals surface area contributed by atoms with E-state index >= 15 is 0 Å². The second-order valence-electron chi connectivity index (χ2n) is 4.87. The zero-order valence-electron chi connectivity index (χ0n) is 11.5. The number of nitrogens with zero attached hydrogens (tertiary/aromatic N) is 3. The van der Waals surface area contributed by atoms with Crippen molar-refractivity contribution in [2.24, 2.45) is 4.99 Å². The van der Waals surface area contributed by atoms with Crippen molar-refractivity contribution in [2.75, 3.05) is 18.4 Å². The zero-order chi connectivity index (χ0) is 13.9. The second-order valence-corrected chi connectivity index (χ2v) is 5.66. The highest BCUT2D eigenvalue weighted by Crippen LogP contribution is 2.30. The maximum absolute atomic E-state index is 4.52. The first-order chi connectivity index (χ1) is 9.79. The maximum Gasteiger partial charge on any atom is 0.195 e. The van der Waals surface area contributed by atoms with E-state index in [1.54, 1.807) is 0 Å². The summed E-state index contributed by atoms with van der Waals surface area (Å²) in [6.07, 6.45) is 4.27. The average Bonchev–Trinajstić information content (AvgIpc) is 3.09. The van der Waals surface area contributed by atoms with E-state index in [0.717, 1.165) is 46.8 Å². The molecular weight excluding hydrogens is 318 g/mol. The summed E-state index contributed by atoms with van der Waals surface area (Å²) in [6, 6.07) is 4.18. The van der Waals surface area contributed by atoms with Crippen molar-refractivity contribution in [2.45, 2.75) is 26.3 Å². The molecule has 0 radical (unpaired) electrons. The number of anilines is 1. The molecular formula is C14H18BrN5. The van der Waals surface area contributed by atoms with Gasteiger partial charge in [0.15, 0.2) is 5.96 Å². The molecule has 0 fully saturated rings. The van der Waals surface area contributed by atoms with Crippen LogP contribution in [0.25, 0.3) is 11.0 Å². The Hall–Kier alpha value is -1.56. The molecule has 5 nitrogen and oxygen atoms in total. The van der Waals surface area contributed by atoms with Gasteiger partial charge in [-0.1, -0.05) is 13.3 Å². The number of halogens is 1. The summed E-state index contributed by atoms with van der Waals surface area (Å²) in [5, 5.41) is 6.50. The van der Waals surface area contributed by atoms with E-state index in [-0.39, 0.29) is 0 Å². The number of nitrogens with one attached hydrogen (secondary N) is 2. The normalized spacial score (nSPS) is 14.4. The number of aliphatic imine (C=N–C) groups is 1. The molecule has 1 aliphatic rings. The average molecular weight is 336 g/mol. The number of hydrogen-bond acceptors (Lipinski definition) is 4. The molecule has 1 aromatic heterocycles. The van der Waals surface area contributed by atoms with Crippen molar-refractivity contribution in [1.82, 2.24) is 14.9 Å². The van der Waals surface area contributed by atoms with Crippen molar-refractivity contribution in [3.63, 3.8) is 0 Å². The highest BCUT2D eigenvalue weighted by molar-refractivity contribution is 9.10. The Morgan fingerprint density at radius 1 is 1.45 bits per heavy atom. The molecule has 0 saturated heterocycles. The third-order valence-corrected chi connectivity index (χ3v) is 4.21. The fourth-order valence-electron chi connectivity index (χ4n) is 2.31. The van der Waals surface area contributed by atoms with E-state index in [2.05, 4.69) is 60.2 Å². The Morgan fingerprint density at radius 3 is 3.10 bits per heavy atom. The topological polar surface area (TPSA) is 54.2 Å². The number of fused-ring (bicyclic) bond motifs is 1. The second kappa shape index (κ2) is 5.83. The molecule has 106 valence electrons. The smallest absolute Gasteiger partial charge is 0.195 e. The van der Waals surface area contributed by atoms with Gasteiger partial charge in [0.25, 0.3) is 0 Å². The summed E-state index contributed by atoms with van der Waals surface area (Å²) < 4.78 is 3.19. The van der Waals surface area contributed by atoms with Crippen LogP contribution in [0, 0.1) is 0 Å². The van der Waals surface area contributed by atoms with Crippen LogP contribution in [-0.2, 0) is 6.54 Å². The molecule has 1 aliphatic heterocycles. The molecule has 2 N–H and O–H groups in total. The van der Waals surface area contributed by atoms with Gasteiger partial charge in [-0.3, -0.25) is 4.99 Å². The van der Waals surface area contributed by atoms with Gasteiger partial charge in [0, 0.05) is 13.1 Å². The lowest BCUT2D eigenvalue weighted by Gasteiger charge is -2.10. The van der Waals surface area contributed by atoms with E-state index in [0.29, 0.717) is 0 Å². The predicted molar refractivity (Wildman–Crippen MR) is 86.3 cm³/mol. The van der Waals surface area contributed by atoms with Gasteiger partial charge in [-0.2, -0.15) is 0 Å². The standard InChI is InChI=1S/C14H18BrN5/c1-2-3-8-20-9-18-13-11(20)5-4-10(12(13)15)19-14-16-6-7-17-14/h4-5,9H,2-3,6-8H2,1H3,(H2,16,17,19). The highest BCUT2D eigenvalue weighted by Gasteiger charge is 2.12. The molecule has 2 heterocycles. The minimum Gasteiger partial charge on any atom is -0.354 e. The third-order valence-electron chi connectivity index (χ3n) is 3.41. The zero-order valence-corrected chi connectivity index (χ0v) is 13.1. The SMILES string of the molecule is CCCCn1cnc2c(Br)c(NC3=NCCN3)ccc21. The van der Waals surface area contributed by atoms with Crippen molar-refractivity contribution in [3.8, 4) is 0 Å². The monoisotopic (exact) mass is 335 g/mol. The van der Waals surface area contributed by atoms with E-state index < -0.39 is 0 Å². The van der Waals surface area contributed by atoms with Crippen LogP contribution in [0.3, 0.4) is 0 Å². The number of imidazole rings is 1. The molecule has 20 heavy (non-hydrogen) atoms. The van der Waals surface area contributed by atoms with Crippen LogP contribution in [0.15, 0.2) is 27.9 Å². The van der Waals surface area contributed by atoms with Crippen molar-refractivity contribution >= 4 is 38.6 Å². The van der Waals surface area contributed by atoms with Crippen LogP contribution in [-0.4, -0.2) is 28.6 Å². The van der Waals surface area contributed by atoms with Gasteiger partial charge in [0.05, 0.1) is 28.5 Å². The Labute approximate surface area is 126 Å². The summed E-state index contributed by atoms with van der Waals surface area (Å²) in [5.41, 5.74) is 3.15. The van der Waals surface area contributed by atoms with Crippen LogP contribution >= 0.6 is 15.9 Å². The summed E-state index contributed by atoms with van der Waals surface area (Å²) >= 11 is 3.65. The molecule has 0 unspecified atom stereocenters. The molecule has 0 saturated carbocycles. The van der Waals surface area contributed by atoms with Crippen molar-refractivity contribution < 1.29 is 0 Å². The van der Waals surface area contributed by atoms with Gasteiger partial charge >= 0.3 is 0 Å². The van der Waals surface area contributed by atoms with Gasteiger partial charge in [-0.15, -0.1) is 0 Å². The number of aryl methyl sites for hydroxylation is 1. The van der Waals surface area contributed by atoms with Gasteiger partial charge < -0.3 is 15.2 Å². The lowest BCUT2D eigenvalue weighted by atomic mass is 10.2. The van der Waals surface area contributed by atoms with E-state index in [4.69, 9.17) is 0 Å². The summed E-state index contributed by atoms with van der Waals surface area (Å²) in [6.45, 7) is 4.94. The van der Waals surface area contributed by atoms with Crippen LogP contribution in [0.4, 0.5) is 5.69 Å². The van der Waals surface area contributed by atoms with E-state index in [1.807, 2.05) is 6.33 Å². The van der Waals surface area contributed by atoms with Gasteiger partial charge in [-0.05, 0) is 34.5 Å². The largest absolute Gasteiger partial charge is 0.354 e. The van der Waals surface area contributed by atoms with Gasteiger partial charge in [-0.25, -0.2) is 4.98 Å². The Balaban J connectivity index is 1.90. The Kier molecular flexibility index (Phi) is 3.91. The van der Waals surface area contributed by atoms with Gasteiger partial charge in [0.1, 0.15) is 5.52 Å². The molecule has 2 aromatic rings. The lowest BCUT2D eigenvalue weighted by molar-refractivity contribution is 0.646. The lowest BCUT2D eigenvalue weighted by Crippen LogP contribution is -2.26. The summed E-state index contributed by atoms with van der Waals surface area (Å²) in [7, 11) is 0. The summed E-state index contributed by atoms with van der Waals surface area (Å²) in [4.78, 5) is 8.87. The third kappa shape index (κ3) is 2.52. The van der Waals surface area contributed by atoms with Crippen molar-refractivity contribution in [3.05, 3.63) is 22.9 Å².